The molecule has 1 heterocycles. The van der Waals surface area contributed by atoms with Crippen molar-refractivity contribution in [2.75, 3.05) is 6.61 Å². The summed E-state index contributed by atoms with van der Waals surface area (Å²) in [6.07, 6.45) is 3.22. The van der Waals surface area contributed by atoms with Crippen molar-refractivity contribution in [1.82, 2.24) is 5.32 Å². The zero-order valence-corrected chi connectivity index (χ0v) is 12.3. The molecule has 1 saturated carbocycles. The van der Waals surface area contributed by atoms with E-state index in [-0.39, 0.29) is 12.5 Å². The number of fused-ring (bicyclic) bond motifs is 1. The highest BCUT2D eigenvalue weighted by molar-refractivity contribution is 5.92. The van der Waals surface area contributed by atoms with Crippen LogP contribution in [0.4, 0.5) is 0 Å². The van der Waals surface area contributed by atoms with Crippen LogP contribution < -0.4 is 20.5 Å². The SMILES string of the molecule is NC(=O)C1(NC(=O)C2COc3ccccc3O2)CCCCC1. The second-order valence-corrected chi connectivity index (χ2v) is 5.86. The summed E-state index contributed by atoms with van der Waals surface area (Å²) in [5.74, 6) is 0.326. The molecule has 0 saturated heterocycles. The number of rotatable bonds is 3. The van der Waals surface area contributed by atoms with Crippen LogP contribution in [-0.2, 0) is 9.59 Å². The van der Waals surface area contributed by atoms with Crippen molar-refractivity contribution in [3.63, 3.8) is 0 Å². The molecule has 1 fully saturated rings. The smallest absolute Gasteiger partial charge is 0.265 e. The van der Waals surface area contributed by atoms with E-state index >= 15 is 0 Å². The number of carbonyl (C=O) groups is 2. The molecule has 1 aromatic carbocycles. The Morgan fingerprint density at radius 3 is 2.50 bits per heavy atom. The Labute approximate surface area is 129 Å². The van der Waals surface area contributed by atoms with Gasteiger partial charge in [-0.2, -0.15) is 0 Å². The summed E-state index contributed by atoms with van der Waals surface area (Å²) in [6.45, 7) is 0.123. The van der Waals surface area contributed by atoms with E-state index in [1.54, 1.807) is 12.1 Å². The molecule has 0 spiro atoms. The van der Waals surface area contributed by atoms with E-state index in [2.05, 4.69) is 5.32 Å². The minimum atomic E-state index is -0.949. The molecular formula is C16H20N2O4. The van der Waals surface area contributed by atoms with E-state index in [1.807, 2.05) is 12.1 Å². The van der Waals surface area contributed by atoms with Gasteiger partial charge in [-0.1, -0.05) is 31.4 Å². The average molecular weight is 304 g/mol. The predicted octanol–water partition coefficient (Wildman–Crippen LogP) is 1.13. The number of para-hydroxylation sites is 2. The Kier molecular flexibility index (Phi) is 3.92. The van der Waals surface area contributed by atoms with Crippen LogP contribution in [0.2, 0.25) is 0 Å². The lowest BCUT2D eigenvalue weighted by atomic mass is 9.81. The zero-order valence-electron chi connectivity index (χ0n) is 12.3. The third-order valence-electron chi connectivity index (χ3n) is 4.34. The van der Waals surface area contributed by atoms with E-state index in [9.17, 15) is 9.59 Å². The third-order valence-corrected chi connectivity index (χ3v) is 4.34. The molecule has 0 radical (unpaired) electrons. The fourth-order valence-corrected chi connectivity index (χ4v) is 3.05. The number of benzene rings is 1. The van der Waals surface area contributed by atoms with Crippen LogP contribution in [-0.4, -0.2) is 30.1 Å². The van der Waals surface area contributed by atoms with Crippen molar-refractivity contribution in [3.8, 4) is 11.5 Å². The molecule has 1 aromatic rings. The van der Waals surface area contributed by atoms with E-state index < -0.39 is 17.6 Å². The molecule has 6 heteroatoms. The molecule has 0 aromatic heterocycles. The minimum absolute atomic E-state index is 0.123. The van der Waals surface area contributed by atoms with Gasteiger partial charge < -0.3 is 20.5 Å². The van der Waals surface area contributed by atoms with Crippen molar-refractivity contribution in [2.24, 2.45) is 5.73 Å². The number of nitrogens with two attached hydrogens (primary N) is 1. The van der Waals surface area contributed by atoms with Gasteiger partial charge in [0.1, 0.15) is 12.1 Å². The Morgan fingerprint density at radius 2 is 1.82 bits per heavy atom. The van der Waals surface area contributed by atoms with Gasteiger partial charge in [0.15, 0.2) is 11.5 Å². The second kappa shape index (κ2) is 5.87. The molecule has 1 atom stereocenters. The summed E-state index contributed by atoms with van der Waals surface area (Å²) in [7, 11) is 0. The van der Waals surface area contributed by atoms with Crippen LogP contribution in [0.15, 0.2) is 24.3 Å². The number of carbonyl (C=O) groups excluding carboxylic acids is 2. The maximum absolute atomic E-state index is 12.5. The van der Waals surface area contributed by atoms with Crippen molar-refractivity contribution in [2.45, 2.75) is 43.7 Å². The highest BCUT2D eigenvalue weighted by atomic mass is 16.6. The quantitative estimate of drug-likeness (QED) is 0.876. The largest absolute Gasteiger partial charge is 0.485 e. The average Bonchev–Trinajstić information content (AvgIpc) is 2.55. The molecule has 1 aliphatic heterocycles. The highest BCUT2D eigenvalue weighted by Gasteiger charge is 2.41. The van der Waals surface area contributed by atoms with Gasteiger partial charge in [0.05, 0.1) is 0 Å². The zero-order chi connectivity index (χ0) is 15.6. The number of hydrogen-bond donors (Lipinski definition) is 2. The van der Waals surface area contributed by atoms with Gasteiger partial charge in [0.2, 0.25) is 12.0 Å². The number of amides is 2. The second-order valence-electron chi connectivity index (χ2n) is 5.86. The van der Waals surface area contributed by atoms with Crippen molar-refractivity contribution >= 4 is 11.8 Å². The molecule has 1 aliphatic carbocycles. The summed E-state index contributed by atoms with van der Waals surface area (Å²) >= 11 is 0. The number of primary amides is 1. The van der Waals surface area contributed by atoms with Crippen molar-refractivity contribution < 1.29 is 19.1 Å². The monoisotopic (exact) mass is 304 g/mol. The van der Waals surface area contributed by atoms with E-state index in [1.165, 1.54) is 0 Å². The lowest BCUT2D eigenvalue weighted by molar-refractivity contribution is -0.138. The maximum Gasteiger partial charge on any atom is 0.265 e. The highest BCUT2D eigenvalue weighted by Crippen LogP contribution is 2.32. The molecular weight excluding hydrogens is 284 g/mol. The fourth-order valence-electron chi connectivity index (χ4n) is 3.05. The molecule has 3 rings (SSSR count). The molecule has 6 nitrogen and oxygen atoms in total. The number of hydrogen-bond acceptors (Lipinski definition) is 4. The van der Waals surface area contributed by atoms with Gasteiger partial charge in [-0.05, 0) is 25.0 Å². The van der Waals surface area contributed by atoms with Gasteiger partial charge >= 0.3 is 0 Å². The maximum atomic E-state index is 12.5. The number of nitrogens with one attached hydrogen (secondary N) is 1. The first-order chi connectivity index (χ1) is 10.6. The topological polar surface area (TPSA) is 90.7 Å². The Morgan fingerprint density at radius 1 is 1.14 bits per heavy atom. The molecule has 0 bridgehead atoms. The van der Waals surface area contributed by atoms with Gasteiger partial charge in [0, 0.05) is 0 Å². The van der Waals surface area contributed by atoms with Crippen LogP contribution >= 0.6 is 0 Å². The molecule has 3 N–H and O–H groups in total. The van der Waals surface area contributed by atoms with Crippen LogP contribution in [0.3, 0.4) is 0 Å². The van der Waals surface area contributed by atoms with Gasteiger partial charge in [-0.15, -0.1) is 0 Å². The summed E-state index contributed by atoms with van der Waals surface area (Å²) in [5.41, 5.74) is 4.58. The molecule has 22 heavy (non-hydrogen) atoms. The molecule has 2 aliphatic rings. The van der Waals surface area contributed by atoms with E-state index in [0.717, 1.165) is 19.3 Å². The lowest BCUT2D eigenvalue weighted by Crippen LogP contribution is -2.61. The Bertz CT molecular complexity index is 581. The van der Waals surface area contributed by atoms with Gasteiger partial charge in [-0.3, -0.25) is 9.59 Å². The Balaban J connectivity index is 1.70. The first-order valence-corrected chi connectivity index (χ1v) is 7.61. The van der Waals surface area contributed by atoms with E-state index in [0.29, 0.717) is 24.3 Å². The van der Waals surface area contributed by atoms with Gasteiger partial charge in [-0.25, -0.2) is 0 Å². The van der Waals surface area contributed by atoms with Crippen LogP contribution in [0.5, 0.6) is 11.5 Å². The molecule has 1 unspecified atom stereocenters. The van der Waals surface area contributed by atoms with E-state index in [4.69, 9.17) is 15.2 Å². The first-order valence-electron chi connectivity index (χ1n) is 7.61. The summed E-state index contributed by atoms with van der Waals surface area (Å²) < 4.78 is 11.2. The normalized spacial score (nSPS) is 22.6. The summed E-state index contributed by atoms with van der Waals surface area (Å²) in [6, 6.07) is 7.19. The van der Waals surface area contributed by atoms with Crippen LogP contribution in [0.1, 0.15) is 32.1 Å². The lowest BCUT2D eigenvalue weighted by Gasteiger charge is -2.36. The number of ether oxygens (including phenoxy) is 2. The van der Waals surface area contributed by atoms with Crippen molar-refractivity contribution in [1.29, 1.82) is 0 Å². The van der Waals surface area contributed by atoms with Gasteiger partial charge in [0.25, 0.3) is 5.91 Å². The summed E-state index contributed by atoms with van der Waals surface area (Å²) in [5, 5.41) is 2.81. The molecule has 2 amide bonds. The first kappa shape index (κ1) is 14.7. The van der Waals surface area contributed by atoms with Crippen molar-refractivity contribution in [3.05, 3.63) is 24.3 Å². The van der Waals surface area contributed by atoms with Crippen LogP contribution in [0.25, 0.3) is 0 Å². The summed E-state index contributed by atoms with van der Waals surface area (Å²) in [4.78, 5) is 24.3. The Hall–Kier alpha value is -2.24. The third kappa shape index (κ3) is 2.73. The minimum Gasteiger partial charge on any atom is -0.485 e. The standard InChI is InChI=1S/C16H20N2O4/c17-15(20)16(8-4-1-5-9-16)18-14(19)13-10-21-11-6-2-3-7-12(11)22-13/h2-3,6-7,13H,1,4-5,8-10H2,(H2,17,20)(H,18,19). The fraction of sp³-hybridized carbons (Fsp3) is 0.500. The van der Waals surface area contributed by atoms with Crippen LogP contribution in [0, 0.1) is 0 Å². The predicted molar refractivity (Wildman–Crippen MR) is 79.5 cm³/mol. The molecule has 118 valence electrons.